The van der Waals surface area contributed by atoms with Crippen LogP contribution in [0.4, 0.5) is 0 Å². The number of phenolic OH excluding ortho intramolecular Hbond substituents is 2. The molecule has 1 amide bonds. The zero-order valence-corrected chi connectivity index (χ0v) is 9.18. The quantitative estimate of drug-likeness (QED) is 0.817. The van der Waals surface area contributed by atoms with E-state index >= 15 is 0 Å². The molecule has 16 heavy (non-hydrogen) atoms. The van der Waals surface area contributed by atoms with Crippen LogP contribution < -0.4 is 0 Å². The van der Waals surface area contributed by atoms with E-state index in [-0.39, 0.29) is 29.0 Å². The fraction of sp³-hybridized carbons (Fsp3) is 0.417. The molecule has 0 saturated heterocycles. The molecular weight excluding hydrogens is 206 g/mol. The summed E-state index contributed by atoms with van der Waals surface area (Å²) in [6.45, 7) is 2.49. The molecule has 2 N–H and O–H groups in total. The van der Waals surface area contributed by atoms with Gasteiger partial charge in [0, 0.05) is 12.6 Å². The van der Waals surface area contributed by atoms with Gasteiger partial charge in [0.2, 0.25) is 0 Å². The third-order valence-corrected chi connectivity index (χ3v) is 2.82. The van der Waals surface area contributed by atoms with Gasteiger partial charge >= 0.3 is 0 Å². The van der Waals surface area contributed by atoms with Gasteiger partial charge in [-0.2, -0.15) is 0 Å². The van der Waals surface area contributed by atoms with Crippen LogP contribution in [0, 0.1) is 0 Å². The maximum Gasteiger partial charge on any atom is 0.261 e. The van der Waals surface area contributed by atoms with Crippen molar-refractivity contribution in [3.8, 4) is 11.5 Å². The summed E-state index contributed by atoms with van der Waals surface area (Å²) in [6.07, 6.45) is 2.02. The molecule has 0 bridgehead atoms. The fourth-order valence-electron chi connectivity index (χ4n) is 1.84. The molecule has 4 nitrogen and oxygen atoms in total. The van der Waals surface area contributed by atoms with Crippen LogP contribution in [0.5, 0.6) is 11.5 Å². The lowest BCUT2D eigenvalue weighted by atomic mass is 10.1. The van der Waals surface area contributed by atoms with Crippen LogP contribution in [-0.2, 0) is 0 Å². The zero-order valence-electron chi connectivity index (χ0n) is 9.18. The highest BCUT2D eigenvalue weighted by atomic mass is 16.3. The van der Waals surface area contributed by atoms with Gasteiger partial charge in [-0.3, -0.25) is 4.79 Å². The topological polar surface area (TPSA) is 60.8 Å². The van der Waals surface area contributed by atoms with Crippen molar-refractivity contribution >= 4 is 5.91 Å². The van der Waals surface area contributed by atoms with Crippen LogP contribution in [0.25, 0.3) is 0 Å². The predicted octanol–water partition coefficient (Wildman–Crippen LogP) is 1.72. The lowest BCUT2D eigenvalue weighted by Crippen LogP contribution is -2.32. The van der Waals surface area contributed by atoms with E-state index < -0.39 is 0 Å². The number of hydrogen-bond donors (Lipinski definition) is 2. The Bertz CT molecular complexity index is 392. The van der Waals surface area contributed by atoms with Crippen LogP contribution >= 0.6 is 0 Å². The number of hydrogen-bond acceptors (Lipinski definition) is 3. The van der Waals surface area contributed by atoms with Crippen molar-refractivity contribution in [1.82, 2.24) is 4.90 Å². The number of rotatable bonds is 3. The van der Waals surface area contributed by atoms with Crippen molar-refractivity contribution in [2.45, 2.75) is 25.8 Å². The van der Waals surface area contributed by atoms with Gasteiger partial charge in [0.15, 0.2) is 0 Å². The molecular formula is C12H15NO3. The predicted molar refractivity (Wildman–Crippen MR) is 59.5 cm³/mol. The van der Waals surface area contributed by atoms with E-state index in [1.54, 1.807) is 4.90 Å². The number of phenols is 2. The van der Waals surface area contributed by atoms with Gasteiger partial charge in [-0.15, -0.1) is 0 Å². The third kappa shape index (κ3) is 1.83. The van der Waals surface area contributed by atoms with E-state index in [4.69, 9.17) is 0 Å². The van der Waals surface area contributed by atoms with E-state index in [1.807, 2.05) is 6.92 Å². The van der Waals surface area contributed by atoms with Crippen LogP contribution in [0.1, 0.15) is 30.1 Å². The minimum absolute atomic E-state index is 0.0104. The van der Waals surface area contributed by atoms with Crippen LogP contribution in [0.3, 0.4) is 0 Å². The van der Waals surface area contributed by atoms with Crippen LogP contribution in [-0.4, -0.2) is 33.6 Å². The van der Waals surface area contributed by atoms with Crippen molar-refractivity contribution < 1.29 is 15.0 Å². The summed E-state index contributed by atoms with van der Waals surface area (Å²) in [6, 6.07) is 4.60. The number of nitrogens with zero attached hydrogens (tertiary/aromatic N) is 1. The number of benzene rings is 1. The maximum atomic E-state index is 12.1. The fourth-order valence-corrected chi connectivity index (χ4v) is 1.84. The standard InChI is InChI=1S/C12H15NO3/c1-2-13(8-6-7-8)12(16)11-9(14)4-3-5-10(11)15/h3-5,8,14-15H,2,6-7H2,1H3. The van der Waals surface area contributed by atoms with Crippen LogP contribution in [0.2, 0.25) is 0 Å². The van der Waals surface area contributed by atoms with E-state index in [9.17, 15) is 15.0 Å². The highest BCUT2D eigenvalue weighted by molar-refractivity contribution is 5.99. The summed E-state index contributed by atoms with van der Waals surface area (Å²) >= 11 is 0. The highest BCUT2D eigenvalue weighted by Crippen LogP contribution is 2.33. The Morgan fingerprint density at radius 2 is 1.94 bits per heavy atom. The summed E-state index contributed by atoms with van der Waals surface area (Å²) in [4.78, 5) is 13.8. The molecule has 86 valence electrons. The average Bonchev–Trinajstić information content (AvgIpc) is 3.03. The molecule has 2 rings (SSSR count). The van der Waals surface area contributed by atoms with Crippen molar-refractivity contribution in [1.29, 1.82) is 0 Å². The van der Waals surface area contributed by atoms with Crippen molar-refractivity contribution in [3.63, 3.8) is 0 Å². The third-order valence-electron chi connectivity index (χ3n) is 2.82. The molecule has 0 atom stereocenters. The molecule has 0 heterocycles. The molecule has 0 aromatic heterocycles. The SMILES string of the molecule is CCN(C(=O)c1c(O)cccc1O)C1CC1. The Labute approximate surface area is 94.1 Å². The molecule has 1 aliphatic rings. The Hall–Kier alpha value is -1.71. The van der Waals surface area contributed by atoms with Gasteiger partial charge in [0.05, 0.1) is 0 Å². The first-order chi connectivity index (χ1) is 7.65. The summed E-state index contributed by atoms with van der Waals surface area (Å²) in [5, 5.41) is 19.2. The second-order valence-corrected chi connectivity index (χ2v) is 3.99. The summed E-state index contributed by atoms with van der Waals surface area (Å²) in [7, 11) is 0. The first-order valence-corrected chi connectivity index (χ1v) is 5.47. The van der Waals surface area contributed by atoms with E-state index in [0.29, 0.717) is 6.54 Å². The van der Waals surface area contributed by atoms with Gasteiger partial charge in [-0.25, -0.2) is 0 Å². The van der Waals surface area contributed by atoms with Crippen molar-refractivity contribution in [3.05, 3.63) is 23.8 Å². The lowest BCUT2D eigenvalue weighted by molar-refractivity contribution is 0.0746. The molecule has 0 radical (unpaired) electrons. The van der Waals surface area contributed by atoms with Gasteiger partial charge in [0.1, 0.15) is 17.1 Å². The van der Waals surface area contributed by atoms with Gasteiger partial charge in [-0.05, 0) is 31.9 Å². The average molecular weight is 221 g/mol. The minimum atomic E-state index is -0.291. The smallest absolute Gasteiger partial charge is 0.261 e. The van der Waals surface area contributed by atoms with E-state index in [1.165, 1.54) is 18.2 Å². The molecule has 1 saturated carbocycles. The van der Waals surface area contributed by atoms with Gasteiger partial charge in [-0.1, -0.05) is 6.07 Å². The minimum Gasteiger partial charge on any atom is -0.507 e. The first kappa shape index (κ1) is 10.8. The van der Waals surface area contributed by atoms with Gasteiger partial charge in [0.25, 0.3) is 5.91 Å². The van der Waals surface area contributed by atoms with Gasteiger partial charge < -0.3 is 15.1 Å². The number of carbonyl (C=O) groups is 1. The molecule has 1 aliphatic carbocycles. The zero-order chi connectivity index (χ0) is 11.7. The number of carbonyl (C=O) groups excluding carboxylic acids is 1. The lowest BCUT2D eigenvalue weighted by Gasteiger charge is -2.21. The normalized spacial score (nSPS) is 14.8. The monoisotopic (exact) mass is 221 g/mol. The molecule has 4 heteroatoms. The molecule has 1 aromatic carbocycles. The largest absolute Gasteiger partial charge is 0.507 e. The van der Waals surface area contributed by atoms with Crippen LogP contribution in [0.15, 0.2) is 18.2 Å². The Balaban J connectivity index is 2.32. The molecule has 1 aromatic rings. The Morgan fingerprint density at radius 3 is 2.38 bits per heavy atom. The second kappa shape index (κ2) is 4.04. The molecule has 0 spiro atoms. The molecule has 0 aliphatic heterocycles. The Morgan fingerprint density at radius 1 is 1.38 bits per heavy atom. The highest BCUT2D eigenvalue weighted by Gasteiger charge is 2.33. The summed E-state index contributed by atoms with van der Waals surface area (Å²) < 4.78 is 0. The van der Waals surface area contributed by atoms with E-state index in [0.717, 1.165) is 12.8 Å². The van der Waals surface area contributed by atoms with Crippen molar-refractivity contribution in [2.75, 3.05) is 6.54 Å². The van der Waals surface area contributed by atoms with E-state index in [2.05, 4.69) is 0 Å². The summed E-state index contributed by atoms with van der Waals surface area (Å²) in [5.41, 5.74) is 0.0104. The molecule has 1 fully saturated rings. The van der Waals surface area contributed by atoms with Crippen molar-refractivity contribution in [2.24, 2.45) is 0 Å². The summed E-state index contributed by atoms with van der Waals surface area (Å²) in [5.74, 6) is -0.617. The number of aromatic hydroxyl groups is 2. The second-order valence-electron chi connectivity index (χ2n) is 3.99. The Kier molecular flexibility index (Phi) is 2.73. The molecule has 0 unspecified atom stereocenters. The number of amides is 1. The maximum absolute atomic E-state index is 12.1. The first-order valence-electron chi connectivity index (χ1n) is 5.47.